The summed E-state index contributed by atoms with van der Waals surface area (Å²) in [5.41, 5.74) is -0.985. The second-order valence-corrected chi connectivity index (χ2v) is 3.15. The number of benzene rings is 1. The largest absolute Gasteiger partial charge is 0.492 e. The number of rotatable bonds is 2. The molecule has 0 atom stereocenters. The molecule has 0 aromatic heterocycles. The Morgan fingerprint density at radius 3 is 2.06 bits per heavy atom. The number of carbonyl (C=O) groups is 1. The molecule has 17 heavy (non-hydrogen) atoms. The third-order valence-corrected chi connectivity index (χ3v) is 1.92. The Labute approximate surface area is 97.5 Å². The maximum absolute atomic E-state index is 12.4. The number of hydrogen-bond acceptors (Lipinski definition) is 3. The molecule has 9 heteroatoms. The summed E-state index contributed by atoms with van der Waals surface area (Å²) in [5, 5.41) is 8.55. The molecule has 1 amide bonds. The minimum atomic E-state index is -4.99. The van der Waals surface area contributed by atoms with Gasteiger partial charge in [0, 0.05) is 12.1 Å². The number of carbonyl (C=O) groups excluding carboxylic acids is 1. The summed E-state index contributed by atoms with van der Waals surface area (Å²) in [5.74, 6) is 0. The molecule has 1 rings (SSSR count). The molecule has 0 saturated carbocycles. The highest BCUT2D eigenvalue weighted by molar-refractivity contribution is 6.66. The van der Waals surface area contributed by atoms with Gasteiger partial charge in [-0.1, -0.05) is 0 Å². The number of amides is 1. The van der Waals surface area contributed by atoms with E-state index in [-0.39, 0.29) is 0 Å². The van der Waals surface area contributed by atoms with Crippen LogP contribution in [0, 0.1) is 10.1 Å². The van der Waals surface area contributed by atoms with E-state index in [0.717, 1.165) is 24.3 Å². The zero-order valence-electron chi connectivity index (χ0n) is 7.94. The first kappa shape index (κ1) is 13.2. The fourth-order valence-electron chi connectivity index (χ4n) is 1.07. The zero-order valence-corrected chi connectivity index (χ0v) is 8.70. The van der Waals surface area contributed by atoms with Crippen molar-refractivity contribution in [2.24, 2.45) is 0 Å². The van der Waals surface area contributed by atoms with E-state index in [1.165, 1.54) is 0 Å². The summed E-state index contributed by atoms with van der Waals surface area (Å²) in [6, 6.07) is 3.25. The zero-order chi connectivity index (χ0) is 13.2. The van der Waals surface area contributed by atoms with E-state index < -0.39 is 32.9 Å². The lowest BCUT2D eigenvalue weighted by Crippen LogP contribution is -2.39. The van der Waals surface area contributed by atoms with Crippen LogP contribution in [0.25, 0.3) is 0 Å². The highest BCUT2D eigenvalue weighted by atomic mass is 35.5. The van der Waals surface area contributed by atoms with Crippen LogP contribution >= 0.6 is 11.6 Å². The third-order valence-electron chi connectivity index (χ3n) is 1.75. The van der Waals surface area contributed by atoms with E-state index >= 15 is 0 Å². The molecule has 92 valence electrons. The highest BCUT2D eigenvalue weighted by Gasteiger charge is 2.41. The summed E-state index contributed by atoms with van der Waals surface area (Å²) in [7, 11) is 0. The van der Waals surface area contributed by atoms with Crippen molar-refractivity contribution < 1.29 is 22.9 Å². The van der Waals surface area contributed by atoms with Crippen molar-refractivity contribution in [3.63, 3.8) is 0 Å². The lowest BCUT2D eigenvalue weighted by atomic mass is 10.3. The lowest BCUT2D eigenvalue weighted by Gasteiger charge is -2.21. The van der Waals surface area contributed by atoms with Crippen LogP contribution in [0.1, 0.15) is 0 Å². The van der Waals surface area contributed by atoms with Crippen LogP contribution in [-0.2, 0) is 0 Å². The van der Waals surface area contributed by atoms with Crippen LogP contribution in [0.4, 0.5) is 29.3 Å². The molecule has 0 fully saturated rings. The monoisotopic (exact) mass is 268 g/mol. The minimum Gasteiger partial charge on any atom is -0.258 e. The molecule has 0 aliphatic heterocycles. The predicted molar refractivity (Wildman–Crippen MR) is 52.9 cm³/mol. The first-order chi connectivity index (χ1) is 7.73. The van der Waals surface area contributed by atoms with Crippen LogP contribution in [-0.4, -0.2) is 16.6 Å². The average molecular weight is 269 g/mol. The molecule has 0 spiro atoms. The number of anilines is 1. The van der Waals surface area contributed by atoms with Crippen molar-refractivity contribution in [1.82, 2.24) is 0 Å². The molecule has 0 aliphatic carbocycles. The fraction of sp³-hybridized carbons (Fsp3) is 0.125. The minimum absolute atomic E-state index is 0.391. The molecule has 5 nitrogen and oxygen atoms in total. The molecule has 0 heterocycles. The molecule has 1 aromatic carbocycles. The van der Waals surface area contributed by atoms with E-state index in [9.17, 15) is 28.1 Å². The Kier molecular flexibility index (Phi) is 3.56. The number of alkyl halides is 3. The van der Waals surface area contributed by atoms with Gasteiger partial charge in [0.1, 0.15) is 0 Å². The van der Waals surface area contributed by atoms with Crippen LogP contribution in [0.5, 0.6) is 0 Å². The van der Waals surface area contributed by atoms with Crippen molar-refractivity contribution in [3.8, 4) is 0 Å². The number of nitrogens with zero attached hydrogens (tertiary/aromatic N) is 2. The van der Waals surface area contributed by atoms with Gasteiger partial charge in [-0.25, -0.2) is 4.90 Å². The van der Waals surface area contributed by atoms with Crippen LogP contribution < -0.4 is 4.90 Å². The number of hydrogen-bond donors (Lipinski definition) is 0. The van der Waals surface area contributed by atoms with Gasteiger partial charge in [0.15, 0.2) is 0 Å². The Balaban J connectivity index is 3.13. The second-order valence-electron chi connectivity index (χ2n) is 2.83. The molecular formula is C8H4ClF3N2O3. The van der Waals surface area contributed by atoms with Crippen molar-refractivity contribution in [1.29, 1.82) is 0 Å². The topological polar surface area (TPSA) is 63.5 Å². The number of nitro benzene ring substituents is 1. The van der Waals surface area contributed by atoms with Gasteiger partial charge >= 0.3 is 11.7 Å². The van der Waals surface area contributed by atoms with E-state index in [0.29, 0.717) is 0 Å². The third kappa shape index (κ3) is 3.06. The summed E-state index contributed by atoms with van der Waals surface area (Å²) in [6.45, 7) is 0. The van der Waals surface area contributed by atoms with Gasteiger partial charge < -0.3 is 0 Å². The van der Waals surface area contributed by atoms with E-state index in [1.54, 1.807) is 0 Å². The van der Waals surface area contributed by atoms with Crippen LogP contribution in [0.15, 0.2) is 24.3 Å². The molecule has 0 aliphatic rings. The second kappa shape index (κ2) is 4.58. The highest BCUT2D eigenvalue weighted by Crippen LogP contribution is 2.30. The summed E-state index contributed by atoms with van der Waals surface area (Å²) >= 11 is 4.80. The summed E-state index contributed by atoms with van der Waals surface area (Å²) in [4.78, 5) is 19.5. The number of halogens is 4. The predicted octanol–water partition coefficient (Wildman–Crippen LogP) is 3.28. The Bertz CT molecular complexity index is 446. The van der Waals surface area contributed by atoms with Crippen LogP contribution in [0.2, 0.25) is 0 Å². The summed E-state index contributed by atoms with van der Waals surface area (Å²) < 4.78 is 37.2. The molecule has 0 saturated heterocycles. The lowest BCUT2D eigenvalue weighted by molar-refractivity contribution is -0.384. The Morgan fingerprint density at radius 1 is 1.29 bits per heavy atom. The average Bonchev–Trinajstić information content (AvgIpc) is 2.15. The van der Waals surface area contributed by atoms with E-state index in [4.69, 9.17) is 11.6 Å². The van der Waals surface area contributed by atoms with E-state index in [2.05, 4.69) is 0 Å². The Morgan fingerprint density at radius 2 is 1.76 bits per heavy atom. The first-order valence-corrected chi connectivity index (χ1v) is 4.42. The van der Waals surface area contributed by atoms with Crippen molar-refractivity contribution in [2.45, 2.75) is 6.30 Å². The molecule has 0 unspecified atom stereocenters. The smallest absolute Gasteiger partial charge is 0.258 e. The molecule has 0 radical (unpaired) electrons. The van der Waals surface area contributed by atoms with Gasteiger partial charge in [-0.2, -0.15) is 0 Å². The van der Waals surface area contributed by atoms with Crippen molar-refractivity contribution >= 4 is 28.3 Å². The van der Waals surface area contributed by atoms with Crippen molar-refractivity contribution in [2.75, 3.05) is 4.90 Å². The molecule has 0 bridgehead atoms. The maximum Gasteiger partial charge on any atom is 0.492 e. The summed E-state index contributed by atoms with van der Waals surface area (Å²) in [6.07, 6.45) is -4.99. The van der Waals surface area contributed by atoms with Gasteiger partial charge in [0.2, 0.25) is 0 Å². The standard InChI is InChI=1S/C8H4ClF3N2O3/c9-7(15)13(8(10,11)12)5-1-3-6(4-2-5)14(16)17/h1-4H. The number of nitro groups is 1. The van der Waals surface area contributed by atoms with Gasteiger partial charge in [-0.15, -0.1) is 13.2 Å². The Hall–Kier alpha value is -1.83. The normalized spacial score (nSPS) is 11.1. The first-order valence-electron chi connectivity index (χ1n) is 4.04. The van der Waals surface area contributed by atoms with Gasteiger partial charge in [-0.05, 0) is 23.7 Å². The van der Waals surface area contributed by atoms with Gasteiger partial charge in [0.25, 0.3) is 5.69 Å². The SMILES string of the molecule is O=C(Cl)N(c1ccc([N+](=O)[O-])cc1)C(F)(F)F. The van der Waals surface area contributed by atoms with E-state index in [1.807, 2.05) is 0 Å². The van der Waals surface area contributed by atoms with Crippen molar-refractivity contribution in [3.05, 3.63) is 34.4 Å². The van der Waals surface area contributed by atoms with Gasteiger partial charge in [-0.3, -0.25) is 14.9 Å². The quantitative estimate of drug-likeness (QED) is 0.358. The number of non-ortho nitro benzene ring substituents is 1. The van der Waals surface area contributed by atoms with Crippen LogP contribution in [0.3, 0.4) is 0 Å². The molecule has 1 aromatic rings. The van der Waals surface area contributed by atoms with Gasteiger partial charge in [0.05, 0.1) is 10.6 Å². The molecular weight excluding hydrogens is 265 g/mol. The molecule has 0 N–H and O–H groups in total. The maximum atomic E-state index is 12.4. The fourth-order valence-corrected chi connectivity index (χ4v) is 1.26.